The van der Waals surface area contributed by atoms with Gasteiger partial charge in [-0.3, -0.25) is 9.67 Å². The SMILES string of the molecule is CCCCN1C=C2NC(c3cnn(Cc4ccc(C(F)(F)F)nc4)c3)NC2=NC1. The van der Waals surface area contributed by atoms with E-state index in [4.69, 9.17) is 0 Å². The van der Waals surface area contributed by atoms with Gasteiger partial charge in [-0.15, -0.1) is 0 Å². The molecule has 10 heteroatoms. The van der Waals surface area contributed by atoms with Gasteiger partial charge in [0.15, 0.2) is 0 Å². The molecule has 2 N–H and O–H groups in total. The summed E-state index contributed by atoms with van der Waals surface area (Å²) in [7, 11) is 0. The summed E-state index contributed by atoms with van der Waals surface area (Å²) >= 11 is 0. The molecule has 29 heavy (non-hydrogen) atoms. The van der Waals surface area contributed by atoms with Gasteiger partial charge in [-0.25, -0.2) is 4.99 Å². The molecule has 4 rings (SSSR count). The number of nitrogens with zero attached hydrogens (tertiary/aromatic N) is 5. The third-order valence-electron chi connectivity index (χ3n) is 4.80. The predicted octanol–water partition coefficient (Wildman–Crippen LogP) is 2.85. The maximum atomic E-state index is 12.6. The molecule has 4 heterocycles. The fourth-order valence-corrected chi connectivity index (χ4v) is 3.24. The van der Waals surface area contributed by atoms with Gasteiger partial charge in [-0.2, -0.15) is 18.3 Å². The molecule has 0 aliphatic carbocycles. The number of fused-ring (bicyclic) bond motifs is 1. The van der Waals surface area contributed by atoms with E-state index >= 15 is 0 Å². The van der Waals surface area contributed by atoms with Crippen molar-refractivity contribution in [2.45, 2.75) is 38.7 Å². The Bertz CT molecular complexity index is 915. The van der Waals surface area contributed by atoms with Crippen molar-refractivity contribution < 1.29 is 13.2 Å². The molecule has 0 spiro atoms. The van der Waals surface area contributed by atoms with E-state index in [1.165, 1.54) is 12.3 Å². The van der Waals surface area contributed by atoms with Gasteiger partial charge in [0.1, 0.15) is 24.4 Å². The number of alkyl halides is 3. The zero-order valence-electron chi connectivity index (χ0n) is 15.9. The summed E-state index contributed by atoms with van der Waals surface area (Å²) in [5.74, 6) is 0.836. The molecule has 7 nitrogen and oxygen atoms in total. The fraction of sp³-hybridized carbons (Fsp3) is 0.421. The first-order valence-electron chi connectivity index (χ1n) is 9.50. The Balaban J connectivity index is 1.40. The lowest BCUT2D eigenvalue weighted by Crippen LogP contribution is -2.28. The van der Waals surface area contributed by atoms with Gasteiger partial charge >= 0.3 is 6.18 Å². The molecule has 1 atom stereocenters. The van der Waals surface area contributed by atoms with Gasteiger partial charge in [-0.05, 0) is 18.1 Å². The van der Waals surface area contributed by atoms with Crippen molar-refractivity contribution in [3.63, 3.8) is 0 Å². The molecule has 0 radical (unpaired) electrons. The van der Waals surface area contributed by atoms with E-state index in [1.54, 1.807) is 10.9 Å². The zero-order valence-corrected chi connectivity index (χ0v) is 15.9. The van der Waals surface area contributed by atoms with Gasteiger partial charge in [-0.1, -0.05) is 19.4 Å². The number of rotatable bonds is 6. The molecule has 154 valence electrons. The van der Waals surface area contributed by atoms with Gasteiger partial charge < -0.3 is 15.5 Å². The van der Waals surface area contributed by atoms with Crippen molar-refractivity contribution in [2.24, 2.45) is 4.99 Å². The number of pyridine rings is 1. The van der Waals surface area contributed by atoms with Gasteiger partial charge in [0.05, 0.1) is 18.4 Å². The molecule has 1 fully saturated rings. The highest BCUT2D eigenvalue weighted by atomic mass is 19.4. The zero-order chi connectivity index (χ0) is 20.4. The van der Waals surface area contributed by atoms with Crippen LogP contribution < -0.4 is 10.6 Å². The molecule has 0 bridgehead atoms. The second kappa shape index (κ2) is 7.76. The van der Waals surface area contributed by atoms with Crippen LogP contribution in [0.2, 0.25) is 0 Å². The van der Waals surface area contributed by atoms with Crippen LogP contribution in [0.3, 0.4) is 0 Å². The second-order valence-corrected chi connectivity index (χ2v) is 7.10. The Hall–Kier alpha value is -3.04. The molecule has 2 aliphatic heterocycles. The molecular formula is C19H22F3N7. The number of aliphatic imine (C=N–C) groups is 1. The monoisotopic (exact) mass is 405 g/mol. The number of unbranched alkanes of at least 4 members (excludes halogenated alkanes) is 1. The summed E-state index contributed by atoms with van der Waals surface area (Å²) in [6, 6.07) is 2.40. The third kappa shape index (κ3) is 4.36. The highest BCUT2D eigenvalue weighted by Gasteiger charge is 2.32. The summed E-state index contributed by atoms with van der Waals surface area (Å²) in [6.45, 7) is 4.12. The molecule has 0 amide bonds. The van der Waals surface area contributed by atoms with E-state index in [0.717, 1.165) is 42.5 Å². The van der Waals surface area contributed by atoms with Crippen LogP contribution in [-0.2, 0) is 12.7 Å². The Morgan fingerprint density at radius 2 is 2.07 bits per heavy atom. The number of hydrogen-bond donors (Lipinski definition) is 2. The van der Waals surface area contributed by atoms with Crippen molar-refractivity contribution >= 4 is 5.84 Å². The molecule has 2 aromatic rings. The maximum absolute atomic E-state index is 12.6. The van der Waals surface area contributed by atoms with Crippen molar-refractivity contribution in [1.82, 2.24) is 30.3 Å². The van der Waals surface area contributed by atoms with Crippen molar-refractivity contribution in [2.75, 3.05) is 13.2 Å². The number of halogens is 3. The minimum atomic E-state index is -4.43. The van der Waals surface area contributed by atoms with E-state index in [2.05, 4.69) is 43.7 Å². The average Bonchev–Trinajstić information content (AvgIpc) is 3.32. The highest BCUT2D eigenvalue weighted by molar-refractivity contribution is 6.00. The first kappa shape index (κ1) is 19.3. The van der Waals surface area contributed by atoms with Gasteiger partial charge in [0.25, 0.3) is 0 Å². The van der Waals surface area contributed by atoms with Crippen molar-refractivity contribution in [3.8, 4) is 0 Å². The maximum Gasteiger partial charge on any atom is 0.433 e. The minimum absolute atomic E-state index is 0.148. The fourth-order valence-electron chi connectivity index (χ4n) is 3.24. The number of nitrogens with one attached hydrogen (secondary N) is 2. The quantitative estimate of drug-likeness (QED) is 0.774. The lowest BCUT2D eigenvalue weighted by atomic mass is 10.2. The Morgan fingerprint density at radius 3 is 2.79 bits per heavy atom. The summed E-state index contributed by atoms with van der Waals surface area (Å²) in [4.78, 5) is 10.2. The highest BCUT2D eigenvalue weighted by Crippen LogP contribution is 2.27. The minimum Gasteiger partial charge on any atom is -0.357 e. The molecule has 0 saturated carbocycles. The van der Waals surface area contributed by atoms with Gasteiger partial charge in [0, 0.05) is 30.7 Å². The Kier molecular flexibility index (Phi) is 5.16. The van der Waals surface area contributed by atoms with Crippen LogP contribution in [0, 0.1) is 0 Å². The van der Waals surface area contributed by atoms with Crippen molar-refractivity contribution in [3.05, 3.63) is 59.4 Å². The molecule has 0 aromatic carbocycles. The molecular weight excluding hydrogens is 383 g/mol. The average molecular weight is 405 g/mol. The predicted molar refractivity (Wildman–Crippen MR) is 102 cm³/mol. The lowest BCUT2D eigenvalue weighted by Gasteiger charge is -2.22. The first-order chi connectivity index (χ1) is 13.9. The second-order valence-electron chi connectivity index (χ2n) is 7.10. The molecule has 1 unspecified atom stereocenters. The van der Waals surface area contributed by atoms with Crippen molar-refractivity contribution in [1.29, 1.82) is 0 Å². The van der Waals surface area contributed by atoms with Crippen LogP contribution in [0.25, 0.3) is 0 Å². The first-order valence-corrected chi connectivity index (χ1v) is 9.50. The smallest absolute Gasteiger partial charge is 0.357 e. The van der Waals surface area contributed by atoms with E-state index in [9.17, 15) is 13.2 Å². The van der Waals surface area contributed by atoms with Crippen LogP contribution in [0.4, 0.5) is 13.2 Å². The lowest BCUT2D eigenvalue weighted by molar-refractivity contribution is -0.141. The molecule has 1 saturated heterocycles. The summed E-state index contributed by atoms with van der Waals surface area (Å²) < 4.78 is 39.5. The summed E-state index contributed by atoms with van der Waals surface area (Å²) in [6.07, 6.45) is 4.58. The number of aromatic nitrogens is 3. The van der Waals surface area contributed by atoms with E-state index in [-0.39, 0.29) is 6.17 Å². The van der Waals surface area contributed by atoms with E-state index < -0.39 is 11.9 Å². The van der Waals surface area contributed by atoms with Crippen LogP contribution in [0.15, 0.2) is 47.6 Å². The number of hydrogen-bond acceptors (Lipinski definition) is 6. The van der Waals surface area contributed by atoms with Crippen LogP contribution in [0.1, 0.15) is 42.8 Å². The Labute approximate surface area is 166 Å². The van der Waals surface area contributed by atoms with Crippen LogP contribution in [-0.4, -0.2) is 38.7 Å². The third-order valence-corrected chi connectivity index (χ3v) is 4.80. The topological polar surface area (TPSA) is 70.4 Å². The Morgan fingerprint density at radius 1 is 1.21 bits per heavy atom. The normalized spacial score (nSPS) is 18.6. The van der Waals surface area contributed by atoms with Crippen LogP contribution in [0.5, 0.6) is 0 Å². The van der Waals surface area contributed by atoms with E-state index in [1.807, 2.05) is 6.20 Å². The number of amidine groups is 1. The summed E-state index contributed by atoms with van der Waals surface area (Å²) in [5.41, 5.74) is 1.62. The largest absolute Gasteiger partial charge is 0.433 e. The molecule has 2 aliphatic rings. The standard InChI is InChI=1S/C19H22F3N7/c1-2-3-6-28-11-15-18(24-12-28)27-17(26-15)14-8-25-29(10-14)9-13-4-5-16(23-7-13)19(20,21)22/h4-5,7-8,10-11,17,26H,2-3,6,9,12H2,1H3,(H,24,27). The van der Waals surface area contributed by atoms with E-state index in [0.29, 0.717) is 18.8 Å². The molecule has 2 aromatic heterocycles. The van der Waals surface area contributed by atoms with Gasteiger partial charge in [0.2, 0.25) is 0 Å². The van der Waals surface area contributed by atoms with Crippen LogP contribution >= 0.6 is 0 Å². The summed E-state index contributed by atoms with van der Waals surface area (Å²) in [5, 5.41) is 11.1.